The number of hydrogen-bond donors (Lipinski definition) is 1. The van der Waals surface area contributed by atoms with Crippen LogP contribution in [0, 0.1) is 5.82 Å². The number of hydrogen-bond acceptors (Lipinski definition) is 7. The molecule has 0 atom stereocenters. The largest absolute Gasteiger partial charge is 0.477 e. The van der Waals surface area contributed by atoms with E-state index in [1.807, 2.05) is 45.6 Å². The Kier molecular flexibility index (Phi) is 6.78. The van der Waals surface area contributed by atoms with E-state index in [9.17, 15) is 19.1 Å². The van der Waals surface area contributed by atoms with Crippen LogP contribution in [0.15, 0.2) is 47.1 Å². The molecule has 1 N–H and O–H groups in total. The number of piperazine rings is 1. The number of aromatic nitrogens is 3. The van der Waals surface area contributed by atoms with Gasteiger partial charge in [0, 0.05) is 42.9 Å². The van der Waals surface area contributed by atoms with E-state index < -0.39 is 17.3 Å². The molecule has 3 aromatic heterocycles. The van der Waals surface area contributed by atoms with E-state index in [0.717, 1.165) is 5.56 Å². The van der Waals surface area contributed by atoms with Crippen LogP contribution in [-0.4, -0.2) is 62.0 Å². The van der Waals surface area contributed by atoms with Crippen LogP contribution in [0.2, 0.25) is 5.02 Å². The fourth-order valence-corrected chi connectivity index (χ4v) is 5.10. The van der Waals surface area contributed by atoms with Gasteiger partial charge in [-0.1, -0.05) is 38.4 Å². The van der Waals surface area contributed by atoms with E-state index in [1.54, 1.807) is 17.0 Å². The van der Waals surface area contributed by atoms with Crippen LogP contribution in [0.1, 0.15) is 61.2 Å². The lowest BCUT2D eigenvalue weighted by atomic mass is 9.86. The zero-order valence-corrected chi connectivity index (χ0v) is 23.6. The number of carboxylic acid groups (broad SMARTS) is 1. The predicted molar refractivity (Wildman–Crippen MR) is 149 cm³/mol. The van der Waals surface area contributed by atoms with Crippen LogP contribution in [-0.2, 0) is 5.41 Å². The van der Waals surface area contributed by atoms with Crippen molar-refractivity contribution in [2.24, 2.45) is 0 Å². The van der Waals surface area contributed by atoms with Crippen molar-refractivity contribution in [3.05, 3.63) is 70.6 Å². The second kappa shape index (κ2) is 9.85. The van der Waals surface area contributed by atoms with Gasteiger partial charge >= 0.3 is 5.97 Å². The summed E-state index contributed by atoms with van der Waals surface area (Å²) in [4.78, 5) is 41.5. The topological polar surface area (TPSA) is 113 Å². The summed E-state index contributed by atoms with van der Waals surface area (Å²) in [6.45, 7) is 11.2. The summed E-state index contributed by atoms with van der Waals surface area (Å²) < 4.78 is 20.4. The standard InChI is InChI=1S/C29H29ClFN5O4/c1-28(2,3)17-11-20(16-6-7-18(30)19(31)10-16)34-21-12-23(40-25(17)21)26(37)36-9-8-35(14-29(36,4)5)24-13-22(27(38)39)32-15-33-24/h6-7,10-13,15H,8-9,14H2,1-5H3,(H,38,39). The summed E-state index contributed by atoms with van der Waals surface area (Å²) in [5, 5.41) is 9.32. The van der Waals surface area contributed by atoms with Crippen molar-refractivity contribution < 1.29 is 23.5 Å². The number of carboxylic acids is 1. The Morgan fingerprint density at radius 1 is 1.10 bits per heavy atom. The molecule has 0 radical (unpaired) electrons. The third-order valence-corrected chi connectivity index (χ3v) is 7.36. The molecule has 1 saturated heterocycles. The monoisotopic (exact) mass is 565 g/mol. The molecular formula is C29H29ClFN5O4. The van der Waals surface area contributed by atoms with E-state index in [-0.39, 0.29) is 27.8 Å². The van der Waals surface area contributed by atoms with Gasteiger partial charge in [-0.05, 0) is 37.5 Å². The maximum absolute atomic E-state index is 14.2. The van der Waals surface area contributed by atoms with Gasteiger partial charge in [0.05, 0.1) is 16.3 Å². The summed E-state index contributed by atoms with van der Waals surface area (Å²) in [5.41, 5.74) is 1.89. The van der Waals surface area contributed by atoms with Gasteiger partial charge in [-0.15, -0.1) is 0 Å². The average Bonchev–Trinajstić information content (AvgIpc) is 3.32. The molecule has 208 valence electrons. The molecule has 9 nitrogen and oxygen atoms in total. The lowest BCUT2D eigenvalue weighted by Crippen LogP contribution is -2.61. The molecule has 4 heterocycles. The second-order valence-corrected chi connectivity index (χ2v) is 11.9. The molecule has 1 amide bonds. The number of fused-ring (bicyclic) bond motifs is 1. The number of rotatable bonds is 4. The lowest BCUT2D eigenvalue weighted by Gasteiger charge is -2.47. The molecule has 4 aromatic rings. The Morgan fingerprint density at radius 3 is 2.50 bits per heavy atom. The molecule has 40 heavy (non-hydrogen) atoms. The fourth-order valence-electron chi connectivity index (χ4n) is 4.98. The minimum Gasteiger partial charge on any atom is -0.477 e. The van der Waals surface area contributed by atoms with Gasteiger partial charge in [0.2, 0.25) is 0 Å². The van der Waals surface area contributed by atoms with E-state index in [2.05, 4.69) is 9.97 Å². The summed E-state index contributed by atoms with van der Waals surface area (Å²) in [7, 11) is 0. The van der Waals surface area contributed by atoms with E-state index in [0.29, 0.717) is 47.8 Å². The quantitative estimate of drug-likeness (QED) is 0.330. The molecule has 0 bridgehead atoms. The first-order chi connectivity index (χ1) is 18.7. The average molecular weight is 566 g/mol. The summed E-state index contributed by atoms with van der Waals surface area (Å²) in [6.07, 6.45) is 1.23. The van der Waals surface area contributed by atoms with Gasteiger partial charge in [-0.3, -0.25) is 4.79 Å². The smallest absolute Gasteiger partial charge is 0.354 e. The van der Waals surface area contributed by atoms with Gasteiger partial charge in [0.1, 0.15) is 23.5 Å². The van der Waals surface area contributed by atoms with Crippen LogP contribution in [0.3, 0.4) is 0 Å². The fraction of sp³-hybridized carbons (Fsp3) is 0.345. The van der Waals surface area contributed by atoms with Gasteiger partial charge in [-0.2, -0.15) is 0 Å². The number of nitrogens with zero attached hydrogens (tertiary/aromatic N) is 5. The van der Waals surface area contributed by atoms with Crippen LogP contribution in [0.25, 0.3) is 22.4 Å². The van der Waals surface area contributed by atoms with Crippen molar-refractivity contribution in [3.63, 3.8) is 0 Å². The first kappa shape index (κ1) is 27.5. The van der Waals surface area contributed by atoms with Crippen molar-refractivity contribution in [1.29, 1.82) is 0 Å². The Hall–Kier alpha value is -4.05. The van der Waals surface area contributed by atoms with Gasteiger partial charge in [0.15, 0.2) is 17.0 Å². The first-order valence-electron chi connectivity index (χ1n) is 12.8. The third kappa shape index (κ3) is 5.11. The number of anilines is 1. The number of benzene rings is 1. The van der Waals surface area contributed by atoms with Crippen molar-refractivity contribution in [2.75, 3.05) is 24.5 Å². The first-order valence-corrected chi connectivity index (χ1v) is 13.1. The molecule has 0 unspecified atom stereocenters. The Labute approximate surface area is 235 Å². The van der Waals surface area contributed by atoms with Crippen molar-refractivity contribution in [3.8, 4) is 11.3 Å². The lowest BCUT2D eigenvalue weighted by molar-refractivity contribution is 0.0483. The van der Waals surface area contributed by atoms with Gasteiger partial charge in [0.25, 0.3) is 5.91 Å². The Morgan fingerprint density at radius 2 is 1.85 bits per heavy atom. The highest BCUT2D eigenvalue weighted by atomic mass is 35.5. The highest BCUT2D eigenvalue weighted by molar-refractivity contribution is 6.30. The number of aromatic carboxylic acids is 1. The van der Waals surface area contributed by atoms with Crippen LogP contribution in [0.5, 0.6) is 0 Å². The minimum absolute atomic E-state index is 0.0295. The summed E-state index contributed by atoms with van der Waals surface area (Å²) in [5.74, 6) is -1.31. The van der Waals surface area contributed by atoms with Crippen molar-refractivity contribution in [2.45, 2.75) is 45.6 Å². The molecule has 0 saturated carbocycles. The normalized spacial score (nSPS) is 15.5. The van der Waals surface area contributed by atoms with Crippen LogP contribution in [0.4, 0.5) is 10.2 Å². The van der Waals surface area contributed by atoms with Crippen LogP contribution < -0.4 is 4.90 Å². The van der Waals surface area contributed by atoms with Crippen molar-refractivity contribution in [1.82, 2.24) is 19.9 Å². The molecule has 1 fully saturated rings. The summed E-state index contributed by atoms with van der Waals surface area (Å²) in [6, 6.07) is 9.46. The SMILES string of the molecule is CC(C)(C)c1cc(-c2ccc(Cl)c(F)c2)nc2cc(C(=O)N3CCN(c4cc(C(=O)O)ncn4)CC3(C)C)oc12. The zero-order chi connectivity index (χ0) is 29.0. The highest BCUT2D eigenvalue weighted by Gasteiger charge is 2.39. The summed E-state index contributed by atoms with van der Waals surface area (Å²) >= 11 is 5.88. The maximum Gasteiger partial charge on any atom is 0.354 e. The highest BCUT2D eigenvalue weighted by Crippen LogP contribution is 2.36. The van der Waals surface area contributed by atoms with Crippen LogP contribution >= 0.6 is 11.6 Å². The number of carbonyl (C=O) groups excluding carboxylic acids is 1. The molecular weight excluding hydrogens is 537 g/mol. The van der Waals surface area contributed by atoms with E-state index in [1.165, 1.54) is 24.5 Å². The zero-order valence-electron chi connectivity index (χ0n) is 22.8. The maximum atomic E-state index is 14.2. The van der Waals surface area contributed by atoms with Gasteiger partial charge < -0.3 is 19.3 Å². The molecule has 0 spiro atoms. The molecule has 0 aliphatic carbocycles. The van der Waals surface area contributed by atoms with E-state index >= 15 is 0 Å². The van der Waals surface area contributed by atoms with Crippen molar-refractivity contribution >= 4 is 40.4 Å². The number of furan rings is 1. The number of carbonyl (C=O) groups is 2. The molecule has 1 aromatic carbocycles. The third-order valence-electron chi connectivity index (χ3n) is 7.06. The Bertz CT molecular complexity index is 1650. The number of pyridine rings is 1. The minimum atomic E-state index is -1.13. The molecule has 1 aliphatic rings. The number of halogens is 2. The van der Waals surface area contributed by atoms with E-state index in [4.69, 9.17) is 21.0 Å². The predicted octanol–water partition coefficient (Wildman–Crippen LogP) is 5.81. The van der Waals surface area contributed by atoms with Gasteiger partial charge in [-0.25, -0.2) is 24.1 Å². The molecule has 5 rings (SSSR count). The number of amides is 1. The molecule has 1 aliphatic heterocycles. The Balaban J connectivity index is 1.48. The second-order valence-electron chi connectivity index (χ2n) is 11.5. The molecule has 11 heteroatoms.